The van der Waals surface area contributed by atoms with Gasteiger partial charge in [0.25, 0.3) is 0 Å². The third-order valence-electron chi connectivity index (χ3n) is 2.14. The summed E-state index contributed by atoms with van der Waals surface area (Å²) < 4.78 is 0. The maximum absolute atomic E-state index is 10.4. The second kappa shape index (κ2) is 5.15. The van der Waals surface area contributed by atoms with Gasteiger partial charge in [-0.25, -0.2) is 4.98 Å². The van der Waals surface area contributed by atoms with Crippen LogP contribution in [0, 0.1) is 5.92 Å². The van der Waals surface area contributed by atoms with Gasteiger partial charge in [-0.3, -0.25) is 4.79 Å². The lowest BCUT2D eigenvalue weighted by molar-refractivity contribution is 0.112. The van der Waals surface area contributed by atoms with Crippen molar-refractivity contribution in [2.24, 2.45) is 5.92 Å². The minimum atomic E-state index is 0.546. The van der Waals surface area contributed by atoms with E-state index in [0.717, 1.165) is 11.3 Å². The zero-order valence-corrected chi connectivity index (χ0v) is 9.54. The number of pyridine rings is 1. The monoisotopic (exact) mass is 209 g/mol. The van der Waals surface area contributed by atoms with E-state index in [-0.39, 0.29) is 0 Å². The fraction of sp³-hybridized carbons (Fsp3) is 0.455. The molecule has 0 amide bonds. The number of aromatic nitrogens is 1. The molecule has 1 unspecified atom stereocenters. The molecule has 0 radical (unpaired) electrons. The molecule has 1 aromatic heterocycles. The van der Waals surface area contributed by atoms with Crippen LogP contribution in [0.25, 0.3) is 0 Å². The van der Waals surface area contributed by atoms with Crippen molar-refractivity contribution in [3.8, 4) is 0 Å². The van der Waals surface area contributed by atoms with Gasteiger partial charge in [0, 0.05) is 17.0 Å². The summed E-state index contributed by atoms with van der Waals surface area (Å²) in [7, 11) is 0. The van der Waals surface area contributed by atoms with E-state index in [0.29, 0.717) is 16.7 Å². The first-order valence-corrected chi connectivity index (χ1v) is 5.59. The maximum Gasteiger partial charge on any atom is 0.151 e. The Kier molecular flexibility index (Phi) is 4.14. The van der Waals surface area contributed by atoms with Gasteiger partial charge in [-0.2, -0.15) is 0 Å². The highest BCUT2D eigenvalue weighted by atomic mass is 32.2. The second-order valence-electron chi connectivity index (χ2n) is 3.61. The van der Waals surface area contributed by atoms with Crippen molar-refractivity contribution in [2.75, 3.05) is 0 Å². The average molecular weight is 209 g/mol. The minimum absolute atomic E-state index is 0.546. The van der Waals surface area contributed by atoms with Crippen molar-refractivity contribution < 1.29 is 4.79 Å². The van der Waals surface area contributed by atoms with Crippen LogP contribution < -0.4 is 0 Å². The summed E-state index contributed by atoms with van der Waals surface area (Å²) in [6.07, 6.45) is 2.43. The summed E-state index contributed by atoms with van der Waals surface area (Å²) in [5.41, 5.74) is 0.631. The van der Waals surface area contributed by atoms with Crippen molar-refractivity contribution in [3.63, 3.8) is 0 Å². The lowest BCUT2D eigenvalue weighted by Crippen LogP contribution is -2.05. The Morgan fingerprint density at radius 1 is 1.36 bits per heavy atom. The van der Waals surface area contributed by atoms with E-state index in [1.54, 1.807) is 24.0 Å². The molecular weight excluding hydrogens is 194 g/mol. The molecule has 0 aromatic carbocycles. The summed E-state index contributed by atoms with van der Waals surface area (Å²) in [4.78, 5) is 14.6. The predicted molar refractivity (Wildman–Crippen MR) is 59.8 cm³/mol. The van der Waals surface area contributed by atoms with Crippen LogP contribution in [-0.4, -0.2) is 16.5 Å². The normalized spacial score (nSPS) is 12.9. The Morgan fingerprint density at radius 2 is 2.07 bits per heavy atom. The van der Waals surface area contributed by atoms with E-state index >= 15 is 0 Å². The molecule has 0 aliphatic carbocycles. The fourth-order valence-corrected chi connectivity index (χ4v) is 1.77. The van der Waals surface area contributed by atoms with Gasteiger partial charge in [0.1, 0.15) is 0 Å². The summed E-state index contributed by atoms with van der Waals surface area (Å²) in [5.74, 6) is 0.632. The first kappa shape index (κ1) is 11.2. The van der Waals surface area contributed by atoms with Gasteiger partial charge in [0.15, 0.2) is 6.29 Å². The molecule has 0 bridgehead atoms. The molecule has 0 aliphatic rings. The molecule has 0 fully saturated rings. The zero-order chi connectivity index (χ0) is 10.6. The third-order valence-corrected chi connectivity index (χ3v) is 3.54. The maximum atomic E-state index is 10.4. The topological polar surface area (TPSA) is 30.0 Å². The third kappa shape index (κ3) is 3.14. The van der Waals surface area contributed by atoms with Gasteiger partial charge >= 0.3 is 0 Å². The molecule has 3 heteroatoms. The zero-order valence-electron chi connectivity index (χ0n) is 8.73. The lowest BCUT2D eigenvalue weighted by Gasteiger charge is -2.13. The van der Waals surface area contributed by atoms with Crippen LogP contribution in [0.4, 0.5) is 0 Å². The van der Waals surface area contributed by atoms with Gasteiger partial charge < -0.3 is 0 Å². The van der Waals surface area contributed by atoms with Crippen molar-refractivity contribution in [2.45, 2.75) is 31.0 Å². The van der Waals surface area contributed by atoms with Crippen LogP contribution in [0.5, 0.6) is 0 Å². The molecule has 76 valence electrons. The van der Waals surface area contributed by atoms with E-state index in [4.69, 9.17) is 0 Å². The summed E-state index contributed by atoms with van der Waals surface area (Å²) in [6.45, 7) is 6.57. The number of thioether (sulfide) groups is 1. The average Bonchev–Trinajstić information content (AvgIpc) is 2.19. The van der Waals surface area contributed by atoms with Crippen LogP contribution in [0.3, 0.4) is 0 Å². The molecule has 1 rings (SSSR count). The Morgan fingerprint density at radius 3 is 2.50 bits per heavy atom. The number of hydrogen-bond donors (Lipinski definition) is 0. The molecule has 1 aromatic rings. The molecule has 1 heterocycles. The quantitative estimate of drug-likeness (QED) is 0.564. The van der Waals surface area contributed by atoms with Crippen molar-refractivity contribution in [1.29, 1.82) is 0 Å². The van der Waals surface area contributed by atoms with Gasteiger partial charge in [-0.05, 0) is 18.1 Å². The number of aldehydes is 1. The molecular formula is C11H15NOS. The smallest absolute Gasteiger partial charge is 0.151 e. The molecule has 0 spiro atoms. The standard InChI is InChI=1S/C11H15NOS/c1-8(2)9(3)14-11-5-4-10(7-13)6-12-11/h4-9H,1-3H3. The van der Waals surface area contributed by atoms with Crippen LogP contribution in [-0.2, 0) is 0 Å². The molecule has 14 heavy (non-hydrogen) atoms. The van der Waals surface area contributed by atoms with Crippen LogP contribution in [0.2, 0.25) is 0 Å². The Balaban J connectivity index is 2.64. The van der Waals surface area contributed by atoms with E-state index in [2.05, 4.69) is 25.8 Å². The summed E-state index contributed by atoms with van der Waals surface area (Å²) in [6, 6.07) is 3.70. The second-order valence-corrected chi connectivity index (χ2v) is 5.01. The van der Waals surface area contributed by atoms with Gasteiger partial charge in [0.2, 0.25) is 0 Å². The largest absolute Gasteiger partial charge is 0.298 e. The molecule has 1 atom stereocenters. The Bertz CT molecular complexity index is 295. The van der Waals surface area contributed by atoms with E-state index < -0.39 is 0 Å². The number of carbonyl (C=O) groups excluding carboxylic acids is 1. The first-order chi connectivity index (χ1) is 6.63. The van der Waals surface area contributed by atoms with Crippen molar-refractivity contribution >= 4 is 18.0 Å². The lowest BCUT2D eigenvalue weighted by atomic mass is 10.2. The Labute approximate surface area is 89.1 Å². The summed E-state index contributed by atoms with van der Waals surface area (Å²) >= 11 is 1.74. The fourth-order valence-electron chi connectivity index (χ4n) is 0.858. The summed E-state index contributed by atoms with van der Waals surface area (Å²) in [5, 5.41) is 1.53. The highest BCUT2D eigenvalue weighted by molar-refractivity contribution is 7.99. The van der Waals surface area contributed by atoms with Crippen molar-refractivity contribution in [3.05, 3.63) is 23.9 Å². The SMILES string of the molecule is CC(C)C(C)Sc1ccc(C=O)cn1. The number of nitrogens with zero attached hydrogens (tertiary/aromatic N) is 1. The predicted octanol–water partition coefficient (Wildman–Crippen LogP) is 3.03. The van der Waals surface area contributed by atoms with E-state index in [1.165, 1.54) is 0 Å². The van der Waals surface area contributed by atoms with Gasteiger partial charge in [-0.15, -0.1) is 11.8 Å². The molecule has 0 saturated carbocycles. The van der Waals surface area contributed by atoms with E-state index in [1.807, 2.05) is 6.07 Å². The van der Waals surface area contributed by atoms with Crippen LogP contribution in [0.15, 0.2) is 23.4 Å². The number of rotatable bonds is 4. The van der Waals surface area contributed by atoms with E-state index in [9.17, 15) is 4.79 Å². The molecule has 2 nitrogen and oxygen atoms in total. The molecule has 0 aliphatic heterocycles. The number of carbonyl (C=O) groups is 1. The minimum Gasteiger partial charge on any atom is -0.298 e. The molecule has 0 saturated heterocycles. The van der Waals surface area contributed by atoms with Crippen LogP contribution >= 0.6 is 11.8 Å². The van der Waals surface area contributed by atoms with Gasteiger partial charge in [-0.1, -0.05) is 20.8 Å². The highest BCUT2D eigenvalue weighted by Gasteiger charge is 2.09. The van der Waals surface area contributed by atoms with Crippen molar-refractivity contribution in [1.82, 2.24) is 4.98 Å². The van der Waals surface area contributed by atoms with Gasteiger partial charge in [0.05, 0.1) is 5.03 Å². The first-order valence-electron chi connectivity index (χ1n) is 4.71. The number of hydrogen-bond acceptors (Lipinski definition) is 3. The molecule has 0 N–H and O–H groups in total. The Hall–Kier alpha value is -0.830. The highest BCUT2D eigenvalue weighted by Crippen LogP contribution is 2.25. The van der Waals surface area contributed by atoms with Crippen LogP contribution in [0.1, 0.15) is 31.1 Å².